The minimum atomic E-state index is -1.42. The number of methoxy groups -OCH3 is 1. The monoisotopic (exact) mass is 594 g/mol. The van der Waals surface area contributed by atoms with Crippen LogP contribution in [0.3, 0.4) is 0 Å². The highest BCUT2D eigenvalue weighted by Crippen LogP contribution is 2.55. The molecule has 8 nitrogen and oxygen atoms in total. The minimum Gasteiger partial charge on any atom is -0.467 e. The number of fused-ring (bicyclic) bond motifs is 3. The van der Waals surface area contributed by atoms with Crippen molar-refractivity contribution in [3.8, 4) is 0 Å². The van der Waals surface area contributed by atoms with Crippen molar-refractivity contribution in [3.63, 3.8) is 0 Å². The quantitative estimate of drug-likeness (QED) is 0.280. The van der Waals surface area contributed by atoms with E-state index in [1.165, 1.54) is 19.2 Å². The summed E-state index contributed by atoms with van der Waals surface area (Å²) in [5.41, 5.74) is 3.06. The highest BCUT2D eigenvalue weighted by molar-refractivity contribution is 6.00. The molecule has 2 aliphatic rings. The zero-order chi connectivity index (χ0) is 31.0. The van der Waals surface area contributed by atoms with Gasteiger partial charge in [0.2, 0.25) is 0 Å². The Labute approximate surface area is 256 Å². The molecule has 1 fully saturated rings. The fourth-order valence-electron chi connectivity index (χ4n) is 7.15. The highest BCUT2D eigenvalue weighted by atomic mass is 19.1. The number of carbonyl (C=O) groups excluding carboxylic acids is 3. The van der Waals surface area contributed by atoms with Crippen molar-refractivity contribution < 1.29 is 23.5 Å². The summed E-state index contributed by atoms with van der Waals surface area (Å²) < 4.78 is 21.5. The Balaban J connectivity index is 1.50. The second-order valence-electron chi connectivity index (χ2n) is 11.8. The van der Waals surface area contributed by atoms with Gasteiger partial charge >= 0.3 is 5.97 Å². The number of ether oxygens (including phenoxy) is 1. The van der Waals surface area contributed by atoms with E-state index >= 15 is 0 Å². The molecule has 226 valence electrons. The van der Waals surface area contributed by atoms with Gasteiger partial charge in [-0.05, 0) is 65.9 Å². The predicted molar refractivity (Wildman–Crippen MR) is 163 cm³/mol. The number of likely N-dealkylation sites (tertiary alicyclic amines) is 1. The normalized spacial score (nSPS) is 20.2. The number of aromatic nitrogens is 2. The van der Waals surface area contributed by atoms with E-state index in [4.69, 9.17) is 4.74 Å². The van der Waals surface area contributed by atoms with Crippen molar-refractivity contribution in [1.29, 1.82) is 0 Å². The van der Waals surface area contributed by atoms with E-state index in [1.54, 1.807) is 66.5 Å². The van der Waals surface area contributed by atoms with Crippen LogP contribution in [0.1, 0.15) is 49.3 Å². The molecule has 3 heterocycles. The molecule has 2 aromatic heterocycles. The van der Waals surface area contributed by atoms with Crippen LogP contribution in [0.4, 0.5) is 4.39 Å². The van der Waals surface area contributed by atoms with Crippen LogP contribution in [-0.2, 0) is 35.3 Å². The molecular formula is C35H35FN4O4. The Kier molecular flexibility index (Phi) is 7.80. The van der Waals surface area contributed by atoms with Crippen molar-refractivity contribution in [3.05, 3.63) is 125 Å². The van der Waals surface area contributed by atoms with Gasteiger partial charge in [-0.3, -0.25) is 14.6 Å². The lowest BCUT2D eigenvalue weighted by Crippen LogP contribution is -2.58. The summed E-state index contributed by atoms with van der Waals surface area (Å²) in [5.74, 6) is -1.86. The average molecular weight is 595 g/mol. The summed E-state index contributed by atoms with van der Waals surface area (Å²) in [4.78, 5) is 49.5. The maximum atomic E-state index is 14.2. The molecule has 6 rings (SSSR count). The summed E-state index contributed by atoms with van der Waals surface area (Å²) in [6.45, 7) is 0.872. The minimum absolute atomic E-state index is 0.0863. The summed E-state index contributed by atoms with van der Waals surface area (Å²) in [5, 5.41) is 0. The molecule has 44 heavy (non-hydrogen) atoms. The van der Waals surface area contributed by atoms with Gasteiger partial charge in [0.15, 0.2) is 5.54 Å². The molecule has 1 aliphatic carbocycles. The van der Waals surface area contributed by atoms with Crippen LogP contribution in [0.2, 0.25) is 0 Å². The second kappa shape index (κ2) is 11.7. The van der Waals surface area contributed by atoms with Gasteiger partial charge in [-0.2, -0.15) is 0 Å². The van der Waals surface area contributed by atoms with Gasteiger partial charge in [0.1, 0.15) is 11.5 Å². The van der Waals surface area contributed by atoms with E-state index in [0.29, 0.717) is 42.8 Å². The number of esters is 1. The lowest BCUT2D eigenvalue weighted by molar-refractivity contribution is -0.153. The third-order valence-electron chi connectivity index (χ3n) is 9.05. The number of hydrogen-bond donors (Lipinski definition) is 0. The van der Waals surface area contributed by atoms with E-state index in [1.807, 2.05) is 30.3 Å². The molecule has 3 atom stereocenters. The number of halogens is 1. The van der Waals surface area contributed by atoms with Gasteiger partial charge in [0.05, 0.1) is 7.11 Å². The van der Waals surface area contributed by atoms with E-state index in [0.717, 1.165) is 17.0 Å². The Hall–Kier alpha value is -4.79. The topological polar surface area (TPSA) is 84.7 Å². The van der Waals surface area contributed by atoms with Crippen LogP contribution in [0, 0.1) is 11.7 Å². The van der Waals surface area contributed by atoms with Crippen LogP contribution >= 0.6 is 0 Å². The Morgan fingerprint density at radius 2 is 1.75 bits per heavy atom. The van der Waals surface area contributed by atoms with Crippen LogP contribution in [0.15, 0.2) is 85.1 Å². The number of nitrogens with zero attached hydrogens (tertiary/aromatic N) is 4. The van der Waals surface area contributed by atoms with Crippen molar-refractivity contribution in [1.82, 2.24) is 19.4 Å². The first-order valence-electron chi connectivity index (χ1n) is 14.8. The van der Waals surface area contributed by atoms with Gasteiger partial charge in [0.25, 0.3) is 11.8 Å². The van der Waals surface area contributed by atoms with Gasteiger partial charge in [-0.25, -0.2) is 9.18 Å². The van der Waals surface area contributed by atoms with Gasteiger partial charge in [0, 0.05) is 69.1 Å². The summed E-state index contributed by atoms with van der Waals surface area (Å²) >= 11 is 0. The third-order valence-corrected chi connectivity index (χ3v) is 9.05. The van der Waals surface area contributed by atoms with Crippen LogP contribution in [0.25, 0.3) is 0 Å². The SMILES string of the molecule is COC(=O)[C@@]1(Cc2ccc(F)cc2)C2c3cc(C(=O)N(C)C)n(CCc4ccccn4)c3CC2CN1C(=O)c1ccccc1. The van der Waals surface area contributed by atoms with Crippen LogP contribution in [0.5, 0.6) is 0 Å². The number of hydrogen-bond acceptors (Lipinski definition) is 5. The largest absolute Gasteiger partial charge is 0.467 e. The molecule has 9 heteroatoms. The molecule has 4 aromatic rings. The number of carbonyl (C=O) groups is 3. The fourth-order valence-corrected chi connectivity index (χ4v) is 7.15. The van der Waals surface area contributed by atoms with Crippen molar-refractivity contribution in [2.24, 2.45) is 5.92 Å². The third kappa shape index (κ3) is 4.96. The number of rotatable bonds is 8. The highest BCUT2D eigenvalue weighted by Gasteiger charge is 2.64. The van der Waals surface area contributed by atoms with E-state index in [2.05, 4.69) is 9.55 Å². The van der Waals surface area contributed by atoms with E-state index < -0.39 is 17.4 Å². The van der Waals surface area contributed by atoms with Crippen molar-refractivity contribution in [2.75, 3.05) is 27.7 Å². The number of benzene rings is 2. The van der Waals surface area contributed by atoms with Gasteiger partial charge < -0.3 is 19.1 Å². The lowest BCUT2D eigenvalue weighted by atomic mass is 9.75. The lowest BCUT2D eigenvalue weighted by Gasteiger charge is -2.40. The molecule has 0 radical (unpaired) electrons. The molecule has 0 spiro atoms. The average Bonchev–Trinajstić information content (AvgIpc) is 3.68. The molecule has 2 aromatic carbocycles. The zero-order valence-electron chi connectivity index (χ0n) is 25.1. The van der Waals surface area contributed by atoms with Crippen LogP contribution in [-0.4, -0.2) is 70.4 Å². The first-order chi connectivity index (χ1) is 21.2. The van der Waals surface area contributed by atoms with Gasteiger partial charge in [-0.15, -0.1) is 0 Å². The first kappa shape index (κ1) is 29.3. The maximum absolute atomic E-state index is 14.2. The Morgan fingerprint density at radius 3 is 2.41 bits per heavy atom. The Bertz CT molecular complexity index is 1690. The number of aryl methyl sites for hydroxylation is 1. The fraction of sp³-hybridized carbons (Fsp3) is 0.314. The van der Waals surface area contributed by atoms with E-state index in [9.17, 15) is 18.8 Å². The van der Waals surface area contributed by atoms with Crippen molar-refractivity contribution >= 4 is 17.8 Å². The zero-order valence-corrected chi connectivity index (χ0v) is 25.1. The standard InChI is InChI=1S/C35H35FN4O4/c1-38(2)33(42)30-20-28-29(39(30)18-16-27-11-7-8-17-37-27)19-25-22-40(32(41)24-9-5-4-6-10-24)35(31(25)28,34(43)44-3)21-23-12-14-26(36)15-13-23/h4-15,17,20,25,31H,16,18-19,21-22H2,1-3H3/t25?,31?,35-/m1/s1. The molecule has 0 saturated carbocycles. The van der Waals surface area contributed by atoms with Crippen molar-refractivity contribution in [2.45, 2.75) is 37.3 Å². The second-order valence-corrected chi connectivity index (χ2v) is 11.8. The maximum Gasteiger partial charge on any atom is 0.332 e. The first-order valence-corrected chi connectivity index (χ1v) is 14.8. The predicted octanol–water partition coefficient (Wildman–Crippen LogP) is 4.53. The summed E-state index contributed by atoms with van der Waals surface area (Å²) in [7, 11) is 4.77. The number of amides is 2. The molecule has 1 aliphatic heterocycles. The molecule has 1 saturated heterocycles. The van der Waals surface area contributed by atoms with Gasteiger partial charge in [-0.1, -0.05) is 36.4 Å². The molecule has 2 unspecified atom stereocenters. The molecule has 0 bridgehead atoms. The molecular weight excluding hydrogens is 559 g/mol. The summed E-state index contributed by atoms with van der Waals surface area (Å²) in [6.07, 6.45) is 3.10. The van der Waals surface area contributed by atoms with E-state index in [-0.39, 0.29) is 30.0 Å². The number of pyridine rings is 1. The molecule has 0 N–H and O–H groups in total. The summed E-state index contributed by atoms with van der Waals surface area (Å²) in [6, 6.07) is 22.6. The molecule has 2 amide bonds. The Morgan fingerprint density at radius 1 is 1.02 bits per heavy atom. The van der Waals surface area contributed by atoms with Crippen LogP contribution < -0.4 is 0 Å². The smallest absolute Gasteiger partial charge is 0.332 e.